The molecule has 6 nitrogen and oxygen atoms in total. The number of nitrogens with one attached hydrogen (secondary N) is 2. The molecule has 0 saturated heterocycles. The zero-order valence-electron chi connectivity index (χ0n) is 14.3. The zero-order valence-corrected chi connectivity index (χ0v) is 17.3. The number of pyridine rings is 1. The third-order valence-corrected chi connectivity index (χ3v) is 3.85. The van der Waals surface area contributed by atoms with Gasteiger partial charge >= 0.3 is 0 Å². The molecule has 26 heavy (non-hydrogen) atoms. The highest BCUT2D eigenvalue weighted by Crippen LogP contribution is 2.10. The predicted octanol–water partition coefficient (Wildman–Crippen LogP) is 3.40. The molecule has 0 aliphatic carbocycles. The van der Waals surface area contributed by atoms with Gasteiger partial charge in [0, 0.05) is 43.8 Å². The third kappa shape index (κ3) is 5.70. The minimum absolute atomic E-state index is 0. The normalized spacial score (nSPS) is 10.9. The number of guanidine groups is 1. The van der Waals surface area contributed by atoms with Gasteiger partial charge in [0.25, 0.3) is 0 Å². The van der Waals surface area contributed by atoms with Gasteiger partial charge in [-0.15, -0.1) is 24.0 Å². The van der Waals surface area contributed by atoms with E-state index in [9.17, 15) is 0 Å². The third-order valence-electron chi connectivity index (χ3n) is 3.61. The van der Waals surface area contributed by atoms with Crippen molar-refractivity contribution >= 4 is 41.5 Å². The van der Waals surface area contributed by atoms with Gasteiger partial charge in [-0.25, -0.2) is 9.97 Å². The first-order valence-electron chi connectivity index (χ1n) is 7.87. The molecule has 0 bridgehead atoms. The summed E-state index contributed by atoms with van der Waals surface area (Å²) in [6, 6.07) is 11.7. The Morgan fingerprint density at radius 1 is 1.12 bits per heavy atom. The van der Waals surface area contributed by atoms with E-state index in [1.54, 1.807) is 25.8 Å². The molecule has 8 heteroatoms. The smallest absolute Gasteiger partial charge is 0.191 e. The molecule has 0 aliphatic rings. The lowest BCUT2D eigenvalue weighted by atomic mass is 10.2. The molecular formula is C18H20ClIN6. The van der Waals surface area contributed by atoms with E-state index in [-0.39, 0.29) is 24.0 Å². The highest BCUT2D eigenvalue weighted by Gasteiger charge is 2.02. The fraction of sp³-hybridized carbons (Fsp3) is 0.167. The fourth-order valence-electron chi connectivity index (χ4n) is 2.35. The van der Waals surface area contributed by atoms with Crippen LogP contribution < -0.4 is 10.6 Å². The van der Waals surface area contributed by atoms with E-state index < -0.39 is 0 Å². The molecule has 2 aromatic heterocycles. The highest BCUT2D eigenvalue weighted by atomic mass is 127. The first kappa shape index (κ1) is 20.2. The molecule has 1 aromatic carbocycles. The number of nitrogens with zero attached hydrogens (tertiary/aromatic N) is 4. The molecule has 0 amide bonds. The van der Waals surface area contributed by atoms with Gasteiger partial charge in [-0.05, 0) is 35.4 Å². The van der Waals surface area contributed by atoms with Crippen LogP contribution in [-0.2, 0) is 13.1 Å². The Kier molecular flexibility index (Phi) is 7.86. The van der Waals surface area contributed by atoms with Crippen LogP contribution in [0.1, 0.15) is 11.1 Å². The van der Waals surface area contributed by atoms with Crippen molar-refractivity contribution < 1.29 is 0 Å². The minimum atomic E-state index is 0. The summed E-state index contributed by atoms with van der Waals surface area (Å²) in [6.45, 7) is 1.29. The molecule has 0 spiro atoms. The molecule has 0 saturated carbocycles. The summed E-state index contributed by atoms with van der Waals surface area (Å²) >= 11 is 6.01. The second-order valence-corrected chi connectivity index (χ2v) is 5.84. The zero-order chi connectivity index (χ0) is 17.5. The summed E-state index contributed by atoms with van der Waals surface area (Å²) < 4.78 is 1.87. The molecule has 0 aliphatic heterocycles. The lowest BCUT2D eigenvalue weighted by molar-refractivity contribution is 0.806. The summed E-state index contributed by atoms with van der Waals surface area (Å²) in [5, 5.41) is 7.30. The van der Waals surface area contributed by atoms with E-state index in [0.29, 0.717) is 13.1 Å². The molecule has 3 rings (SSSR count). The number of rotatable bonds is 5. The molecule has 136 valence electrons. The Morgan fingerprint density at radius 2 is 1.88 bits per heavy atom. The van der Waals surface area contributed by atoms with Crippen molar-refractivity contribution in [1.29, 1.82) is 0 Å². The number of aliphatic imine (C=N–C) groups is 1. The maximum atomic E-state index is 6.01. The van der Waals surface area contributed by atoms with Crippen LogP contribution in [0.25, 0.3) is 5.82 Å². The van der Waals surface area contributed by atoms with Crippen molar-refractivity contribution in [3.63, 3.8) is 0 Å². The second kappa shape index (κ2) is 10.1. The predicted molar refractivity (Wildman–Crippen MR) is 115 cm³/mol. The number of hydrogen-bond acceptors (Lipinski definition) is 3. The maximum Gasteiger partial charge on any atom is 0.191 e. The van der Waals surface area contributed by atoms with Crippen molar-refractivity contribution in [2.75, 3.05) is 7.05 Å². The summed E-state index contributed by atoms with van der Waals surface area (Å²) in [4.78, 5) is 12.6. The van der Waals surface area contributed by atoms with E-state index in [4.69, 9.17) is 11.6 Å². The van der Waals surface area contributed by atoms with Crippen molar-refractivity contribution in [2.24, 2.45) is 4.99 Å². The van der Waals surface area contributed by atoms with Crippen LogP contribution in [0.3, 0.4) is 0 Å². The summed E-state index contributed by atoms with van der Waals surface area (Å²) in [5.41, 5.74) is 2.20. The van der Waals surface area contributed by atoms with E-state index in [2.05, 4.69) is 25.6 Å². The summed E-state index contributed by atoms with van der Waals surface area (Å²) in [6.07, 6.45) is 7.11. The Morgan fingerprint density at radius 3 is 2.54 bits per heavy atom. The number of imidazole rings is 1. The molecule has 2 heterocycles. The molecule has 0 atom stereocenters. The Labute approximate surface area is 174 Å². The van der Waals surface area contributed by atoms with Crippen molar-refractivity contribution in [2.45, 2.75) is 13.1 Å². The molecule has 0 fully saturated rings. The van der Waals surface area contributed by atoms with Crippen molar-refractivity contribution in [3.8, 4) is 5.82 Å². The van der Waals surface area contributed by atoms with E-state index >= 15 is 0 Å². The van der Waals surface area contributed by atoms with Crippen molar-refractivity contribution in [3.05, 3.63) is 77.5 Å². The van der Waals surface area contributed by atoms with Crippen LogP contribution >= 0.6 is 35.6 Å². The van der Waals surface area contributed by atoms with Crippen LogP contribution in [0.5, 0.6) is 0 Å². The SMILES string of the molecule is CN=C(NCc1cccc(Cl)c1)NCc1ccnc(-n2ccnc2)c1.I. The Balaban J connectivity index is 0.00000243. The second-order valence-electron chi connectivity index (χ2n) is 5.40. The molecule has 3 aromatic rings. The lowest BCUT2D eigenvalue weighted by Crippen LogP contribution is -2.36. The van der Waals surface area contributed by atoms with Gasteiger partial charge in [0.1, 0.15) is 12.1 Å². The lowest BCUT2D eigenvalue weighted by Gasteiger charge is -2.12. The summed E-state index contributed by atoms with van der Waals surface area (Å²) in [5.74, 6) is 1.56. The monoisotopic (exact) mass is 482 g/mol. The molecule has 2 N–H and O–H groups in total. The van der Waals surface area contributed by atoms with Crippen LogP contribution in [0.15, 0.2) is 66.3 Å². The van der Waals surface area contributed by atoms with Gasteiger partial charge in [-0.1, -0.05) is 23.7 Å². The van der Waals surface area contributed by atoms with Gasteiger partial charge < -0.3 is 10.6 Å². The van der Waals surface area contributed by atoms with Gasteiger partial charge in [-0.3, -0.25) is 9.56 Å². The summed E-state index contributed by atoms with van der Waals surface area (Å²) in [7, 11) is 1.75. The molecule has 0 unspecified atom stereocenters. The van der Waals surface area contributed by atoms with Gasteiger partial charge in [0.15, 0.2) is 5.96 Å². The molecular weight excluding hydrogens is 463 g/mol. The van der Waals surface area contributed by atoms with Gasteiger partial charge in [0.2, 0.25) is 0 Å². The largest absolute Gasteiger partial charge is 0.352 e. The van der Waals surface area contributed by atoms with E-state index in [0.717, 1.165) is 27.9 Å². The molecule has 0 radical (unpaired) electrons. The fourth-order valence-corrected chi connectivity index (χ4v) is 2.56. The number of hydrogen-bond donors (Lipinski definition) is 2. The van der Waals surface area contributed by atoms with Crippen LogP contribution in [0, 0.1) is 0 Å². The topological polar surface area (TPSA) is 67.1 Å². The average Bonchev–Trinajstić information content (AvgIpc) is 3.17. The van der Waals surface area contributed by atoms with Crippen LogP contribution in [-0.4, -0.2) is 27.5 Å². The first-order chi connectivity index (χ1) is 12.2. The average molecular weight is 483 g/mol. The van der Waals surface area contributed by atoms with Crippen LogP contribution in [0.4, 0.5) is 0 Å². The number of aromatic nitrogens is 3. The van der Waals surface area contributed by atoms with E-state index in [1.165, 1.54) is 0 Å². The number of benzene rings is 1. The quantitative estimate of drug-likeness (QED) is 0.332. The first-order valence-corrected chi connectivity index (χ1v) is 8.24. The Bertz CT molecular complexity index is 850. The maximum absolute atomic E-state index is 6.01. The Hall–Kier alpha value is -2.13. The standard InChI is InChI=1S/C18H19ClN6.HI/c1-20-18(23-11-14-3-2-4-16(19)9-14)24-12-15-5-6-22-17(10-15)25-8-7-21-13-25;/h2-10,13H,11-12H2,1H3,(H2,20,23,24);1H. The van der Waals surface area contributed by atoms with Crippen molar-refractivity contribution in [1.82, 2.24) is 25.2 Å². The minimum Gasteiger partial charge on any atom is -0.352 e. The van der Waals surface area contributed by atoms with Crippen LogP contribution in [0.2, 0.25) is 5.02 Å². The van der Waals surface area contributed by atoms with Gasteiger partial charge in [0.05, 0.1) is 0 Å². The van der Waals surface area contributed by atoms with Gasteiger partial charge in [-0.2, -0.15) is 0 Å². The van der Waals surface area contributed by atoms with E-state index in [1.807, 2.05) is 47.2 Å². The number of halogens is 2. The highest BCUT2D eigenvalue weighted by molar-refractivity contribution is 14.0.